The molecule has 1 aliphatic rings. The summed E-state index contributed by atoms with van der Waals surface area (Å²) in [7, 11) is 0. The zero-order chi connectivity index (χ0) is 15.4. The van der Waals surface area contributed by atoms with E-state index in [0.29, 0.717) is 5.82 Å². The fraction of sp³-hybridized carbons (Fsp3) is 0.333. The highest BCUT2D eigenvalue weighted by atomic mass is 16.4. The van der Waals surface area contributed by atoms with E-state index < -0.39 is 23.3 Å². The Labute approximate surface area is 121 Å². The summed E-state index contributed by atoms with van der Waals surface area (Å²) in [6.07, 6.45) is 0.0385. The number of nitrogens with zero attached hydrogens (tertiary/aromatic N) is 1. The molecule has 1 aliphatic heterocycles. The van der Waals surface area contributed by atoms with Gasteiger partial charge in [-0.3, -0.25) is 5.32 Å². The zero-order valence-electron chi connectivity index (χ0n) is 11.7. The van der Waals surface area contributed by atoms with Crippen molar-refractivity contribution in [2.75, 3.05) is 5.32 Å². The average Bonchev–Trinajstić information content (AvgIpc) is 2.45. The lowest BCUT2D eigenvalue weighted by atomic mass is 9.84. The Balaban J connectivity index is 2.34. The minimum Gasteiger partial charge on any atom is -0.545 e. The van der Waals surface area contributed by atoms with E-state index in [-0.39, 0.29) is 0 Å². The van der Waals surface area contributed by atoms with E-state index in [1.165, 1.54) is 18.4 Å². The van der Waals surface area contributed by atoms with Crippen LogP contribution < -0.4 is 15.0 Å². The van der Waals surface area contributed by atoms with Crippen LogP contribution in [0.15, 0.2) is 36.5 Å². The molecule has 0 bridgehead atoms. The van der Waals surface area contributed by atoms with E-state index in [9.17, 15) is 20.1 Å². The highest BCUT2D eigenvalue weighted by Crippen LogP contribution is 2.33. The van der Waals surface area contributed by atoms with Gasteiger partial charge in [0.1, 0.15) is 0 Å². The Hall–Kier alpha value is -2.18. The van der Waals surface area contributed by atoms with E-state index in [4.69, 9.17) is 0 Å². The molecule has 0 saturated carbocycles. The van der Waals surface area contributed by atoms with Crippen molar-refractivity contribution in [3.63, 3.8) is 0 Å². The van der Waals surface area contributed by atoms with Gasteiger partial charge in [0.2, 0.25) is 5.72 Å². The minimum atomic E-state index is -1.80. The topological polar surface area (TPSA) is 96.5 Å². The smallest absolute Gasteiger partial charge is 0.285 e. The fourth-order valence-electron chi connectivity index (χ4n) is 2.88. The zero-order valence-corrected chi connectivity index (χ0v) is 11.7. The number of pyridine rings is 1. The Kier molecular flexibility index (Phi) is 2.73. The van der Waals surface area contributed by atoms with Crippen LogP contribution in [0.3, 0.4) is 0 Å². The number of hydrogen-bond donors (Lipinski definition) is 3. The maximum atomic E-state index is 11.5. The summed E-state index contributed by atoms with van der Waals surface area (Å²) in [5.74, 6) is -1.05. The number of carboxylic acid groups (broad SMARTS) is 1. The third-order valence-corrected chi connectivity index (χ3v) is 4.21. The first-order valence-corrected chi connectivity index (χ1v) is 6.62. The molecule has 2 heterocycles. The van der Waals surface area contributed by atoms with Crippen LogP contribution in [-0.4, -0.2) is 27.8 Å². The number of aliphatic carboxylic acids is 1. The number of aliphatic hydroxyl groups is 2. The maximum absolute atomic E-state index is 11.5. The number of nitrogens with one attached hydrogen (secondary N) is 1. The molecule has 3 atom stereocenters. The van der Waals surface area contributed by atoms with Crippen LogP contribution in [0, 0.1) is 0 Å². The van der Waals surface area contributed by atoms with Gasteiger partial charge in [0.05, 0.1) is 17.6 Å². The number of benzene rings is 1. The molecule has 0 saturated heterocycles. The van der Waals surface area contributed by atoms with Gasteiger partial charge in [-0.25, -0.2) is 4.57 Å². The van der Waals surface area contributed by atoms with Gasteiger partial charge in [-0.2, -0.15) is 0 Å². The van der Waals surface area contributed by atoms with E-state index >= 15 is 0 Å². The third kappa shape index (κ3) is 1.73. The summed E-state index contributed by atoms with van der Waals surface area (Å²) in [6, 6.07) is 9.18. The average molecular weight is 288 g/mol. The fourth-order valence-corrected chi connectivity index (χ4v) is 2.88. The van der Waals surface area contributed by atoms with Crippen LogP contribution in [0.4, 0.5) is 5.82 Å². The van der Waals surface area contributed by atoms with Gasteiger partial charge in [0.15, 0.2) is 11.6 Å². The third-order valence-electron chi connectivity index (χ3n) is 4.21. The number of carbonyl (C=O) groups excluding carboxylic acids is 1. The van der Waals surface area contributed by atoms with Crippen molar-refractivity contribution in [3.8, 4) is 0 Å². The Morgan fingerprint density at radius 3 is 2.67 bits per heavy atom. The summed E-state index contributed by atoms with van der Waals surface area (Å²) < 4.78 is 1.44. The first-order chi connectivity index (χ1) is 9.78. The second-order valence-corrected chi connectivity index (χ2v) is 5.73. The summed E-state index contributed by atoms with van der Waals surface area (Å²) in [4.78, 5) is 11.5. The Bertz CT molecular complexity index is 744. The van der Waals surface area contributed by atoms with Gasteiger partial charge in [-0.15, -0.1) is 0 Å². The molecule has 21 heavy (non-hydrogen) atoms. The van der Waals surface area contributed by atoms with Crippen LogP contribution in [0.25, 0.3) is 10.8 Å². The molecule has 0 amide bonds. The molecule has 1 aromatic carbocycles. The molecule has 0 fully saturated rings. The number of aliphatic hydroxyl groups excluding tert-OH is 1. The molecule has 6 heteroatoms. The van der Waals surface area contributed by atoms with Crippen LogP contribution in [0.2, 0.25) is 0 Å². The predicted molar refractivity (Wildman–Crippen MR) is 73.1 cm³/mol. The second kappa shape index (κ2) is 4.16. The molecule has 110 valence electrons. The maximum Gasteiger partial charge on any atom is 0.285 e. The molecule has 3 N–H and O–H groups in total. The number of hydrogen-bond acceptors (Lipinski definition) is 5. The largest absolute Gasteiger partial charge is 0.545 e. The van der Waals surface area contributed by atoms with Crippen LogP contribution >= 0.6 is 0 Å². The molecule has 6 nitrogen and oxygen atoms in total. The van der Waals surface area contributed by atoms with Crippen molar-refractivity contribution in [2.24, 2.45) is 0 Å². The highest BCUT2D eigenvalue weighted by molar-refractivity contribution is 5.93. The lowest BCUT2D eigenvalue weighted by molar-refractivity contribution is -0.805. The molecule has 3 rings (SSSR count). The predicted octanol–water partition coefficient (Wildman–Crippen LogP) is -0.913. The summed E-state index contributed by atoms with van der Waals surface area (Å²) in [5, 5.41) is 36.8. The highest BCUT2D eigenvalue weighted by Gasteiger charge is 2.57. The van der Waals surface area contributed by atoms with Crippen molar-refractivity contribution in [3.05, 3.63) is 36.5 Å². The second-order valence-electron chi connectivity index (χ2n) is 5.73. The van der Waals surface area contributed by atoms with Crippen molar-refractivity contribution in [1.82, 2.24) is 0 Å². The molecular weight excluding hydrogens is 272 g/mol. The van der Waals surface area contributed by atoms with Crippen LogP contribution in [0.1, 0.15) is 13.8 Å². The van der Waals surface area contributed by atoms with Gasteiger partial charge in [0, 0.05) is 6.92 Å². The summed E-state index contributed by atoms with van der Waals surface area (Å²) >= 11 is 0. The molecule has 1 aromatic heterocycles. The molecule has 0 radical (unpaired) electrons. The lowest BCUT2D eigenvalue weighted by Gasteiger charge is -2.43. The van der Waals surface area contributed by atoms with Crippen LogP contribution in [-0.2, 0) is 10.5 Å². The van der Waals surface area contributed by atoms with E-state index in [0.717, 1.165) is 10.8 Å². The standard InChI is InChI=1S/C15H16N2O4/c1-14(13(19)20)12(18)15(2,21)17-8-7-9-5-3-4-6-10(9)11(17)16-14/h3-8,12,18,21H,1-2H3,(H,19,20)/t12-,14+,15-/m1/s1. The normalized spacial score (nSPS) is 31.5. The molecule has 0 aliphatic carbocycles. The van der Waals surface area contributed by atoms with Gasteiger partial charge in [-0.1, -0.05) is 18.2 Å². The summed E-state index contributed by atoms with van der Waals surface area (Å²) in [5.41, 5.74) is -3.58. The number of fused-ring (bicyclic) bond motifs is 3. The Morgan fingerprint density at radius 1 is 1.33 bits per heavy atom. The molecule has 0 unspecified atom stereocenters. The first-order valence-electron chi connectivity index (χ1n) is 6.62. The Morgan fingerprint density at radius 2 is 2.00 bits per heavy atom. The van der Waals surface area contributed by atoms with E-state index in [1.54, 1.807) is 12.3 Å². The first kappa shape index (κ1) is 13.8. The van der Waals surface area contributed by atoms with Crippen molar-refractivity contribution in [2.45, 2.75) is 31.2 Å². The monoisotopic (exact) mass is 288 g/mol. The van der Waals surface area contributed by atoms with Crippen molar-refractivity contribution < 1.29 is 24.7 Å². The number of carbonyl (C=O) groups is 1. The quantitative estimate of drug-likeness (QED) is 0.590. The van der Waals surface area contributed by atoms with E-state index in [1.807, 2.05) is 24.3 Å². The van der Waals surface area contributed by atoms with Gasteiger partial charge < -0.3 is 20.1 Å². The number of anilines is 1. The van der Waals surface area contributed by atoms with Gasteiger partial charge in [0.25, 0.3) is 5.82 Å². The van der Waals surface area contributed by atoms with Crippen molar-refractivity contribution >= 4 is 22.6 Å². The van der Waals surface area contributed by atoms with Gasteiger partial charge >= 0.3 is 0 Å². The minimum absolute atomic E-state index is 0.426. The number of rotatable bonds is 1. The molecule has 0 spiro atoms. The SMILES string of the molecule is C[C@]1(C(=O)[O-])Nc2c3ccccc3cc[n+]2[C@](C)(O)[C@@H]1O. The number of carboxylic acids is 1. The van der Waals surface area contributed by atoms with Crippen molar-refractivity contribution in [1.29, 1.82) is 0 Å². The molecular formula is C15H16N2O4. The number of aromatic nitrogens is 1. The van der Waals surface area contributed by atoms with E-state index in [2.05, 4.69) is 5.32 Å². The lowest BCUT2D eigenvalue weighted by Crippen LogP contribution is -2.77. The van der Waals surface area contributed by atoms with Crippen LogP contribution in [0.5, 0.6) is 0 Å². The molecule has 2 aromatic rings. The van der Waals surface area contributed by atoms with Gasteiger partial charge in [-0.05, 0) is 24.4 Å². The summed E-state index contributed by atoms with van der Waals surface area (Å²) in [6.45, 7) is 2.67.